The van der Waals surface area contributed by atoms with E-state index in [4.69, 9.17) is 16.6 Å². The van der Waals surface area contributed by atoms with Crippen molar-refractivity contribution in [1.29, 1.82) is 10.8 Å². The van der Waals surface area contributed by atoms with Gasteiger partial charge in [-0.2, -0.15) is 0 Å². The van der Waals surface area contributed by atoms with E-state index in [-0.39, 0.29) is 11.9 Å². The number of hydrogen-bond donors (Lipinski definition) is 5. The summed E-state index contributed by atoms with van der Waals surface area (Å²) in [5.41, 5.74) is 5.02. The molecule has 1 rings (SSSR count). The van der Waals surface area contributed by atoms with E-state index < -0.39 is 0 Å². The van der Waals surface area contributed by atoms with Gasteiger partial charge < -0.3 is 11.1 Å². The molecule has 0 aliphatic heterocycles. The van der Waals surface area contributed by atoms with Gasteiger partial charge in [0.2, 0.25) is 0 Å². The average molecular weight is 183 g/mol. The summed E-state index contributed by atoms with van der Waals surface area (Å²) < 4.78 is 0. The zero-order valence-corrected chi connectivity index (χ0v) is 7.03. The minimum atomic E-state index is -0.246. The van der Waals surface area contributed by atoms with Crippen molar-refractivity contribution in [3.63, 3.8) is 0 Å². The molecule has 0 spiro atoms. The second kappa shape index (κ2) is 3.72. The number of guanidine groups is 2. The molecule has 0 bridgehead atoms. The van der Waals surface area contributed by atoms with Crippen LogP contribution in [0, 0.1) is 10.8 Å². The van der Waals surface area contributed by atoms with Crippen LogP contribution < -0.4 is 16.4 Å². The Bertz CT molecular complexity index is 278. The van der Waals surface area contributed by atoms with E-state index in [2.05, 4.69) is 10.6 Å². The highest BCUT2D eigenvalue weighted by Crippen LogP contribution is 2.13. The Balaban J connectivity index is 2.42. The van der Waals surface area contributed by atoms with Gasteiger partial charge in [0.05, 0.1) is 5.00 Å². The zero-order valence-electron chi connectivity index (χ0n) is 6.22. The lowest BCUT2D eigenvalue weighted by atomic mass is 10.6. The number of hydrogen-bond acceptors (Lipinski definition) is 3. The summed E-state index contributed by atoms with van der Waals surface area (Å²) in [4.78, 5) is 0. The van der Waals surface area contributed by atoms with Gasteiger partial charge in [-0.3, -0.25) is 16.1 Å². The van der Waals surface area contributed by atoms with Crippen LogP contribution >= 0.6 is 11.3 Å². The van der Waals surface area contributed by atoms with Gasteiger partial charge >= 0.3 is 0 Å². The molecule has 1 aromatic heterocycles. The number of thiophene rings is 1. The number of anilines is 1. The van der Waals surface area contributed by atoms with Crippen LogP contribution in [0.2, 0.25) is 0 Å². The first-order valence-corrected chi connectivity index (χ1v) is 4.06. The van der Waals surface area contributed by atoms with Crippen LogP contribution in [0.3, 0.4) is 0 Å². The lowest BCUT2D eigenvalue weighted by Gasteiger charge is -2.05. The minimum absolute atomic E-state index is 0.00458. The molecule has 0 atom stereocenters. The number of nitrogens with two attached hydrogens (primary N) is 1. The van der Waals surface area contributed by atoms with Crippen LogP contribution in [-0.4, -0.2) is 11.9 Å². The molecule has 1 aromatic rings. The third-order valence-electron chi connectivity index (χ3n) is 1.03. The molecule has 0 amide bonds. The Labute approximate surface area is 73.6 Å². The summed E-state index contributed by atoms with van der Waals surface area (Å²) in [6, 6.07) is 3.70. The molecule has 0 saturated heterocycles. The summed E-state index contributed by atoms with van der Waals surface area (Å²) in [5, 5.41) is 21.9. The van der Waals surface area contributed by atoms with Crippen LogP contribution in [0.1, 0.15) is 0 Å². The van der Waals surface area contributed by atoms with Gasteiger partial charge in [-0.15, -0.1) is 11.3 Å². The Hall–Kier alpha value is -1.56. The minimum Gasteiger partial charge on any atom is -0.370 e. The first-order chi connectivity index (χ1) is 5.68. The standard InChI is InChI=1S/C6H9N5S/c7-5(8)11-6(9)10-4-2-1-3-12-4/h1-3H,(H6,7,8,9,10,11). The molecular weight excluding hydrogens is 174 g/mol. The largest absolute Gasteiger partial charge is 0.370 e. The maximum Gasteiger partial charge on any atom is 0.200 e. The van der Waals surface area contributed by atoms with Gasteiger partial charge in [0.25, 0.3) is 0 Å². The predicted molar refractivity (Wildman–Crippen MR) is 50.7 cm³/mol. The Morgan fingerprint density at radius 1 is 1.50 bits per heavy atom. The van der Waals surface area contributed by atoms with Crippen molar-refractivity contribution < 1.29 is 0 Å². The fourth-order valence-electron chi connectivity index (χ4n) is 0.639. The number of rotatable bonds is 1. The Morgan fingerprint density at radius 2 is 2.25 bits per heavy atom. The third kappa shape index (κ3) is 2.59. The molecule has 0 unspecified atom stereocenters. The van der Waals surface area contributed by atoms with Crippen LogP contribution in [0.4, 0.5) is 5.00 Å². The normalized spacial score (nSPS) is 9.00. The first kappa shape index (κ1) is 8.54. The van der Waals surface area contributed by atoms with E-state index in [1.54, 1.807) is 0 Å². The van der Waals surface area contributed by atoms with Gasteiger partial charge in [0.15, 0.2) is 11.9 Å². The Morgan fingerprint density at radius 3 is 2.75 bits per heavy atom. The van der Waals surface area contributed by atoms with Crippen LogP contribution in [0.5, 0.6) is 0 Å². The van der Waals surface area contributed by atoms with Gasteiger partial charge in [0.1, 0.15) is 0 Å². The molecular formula is C6H9N5S. The second-order valence-electron chi connectivity index (χ2n) is 2.02. The molecule has 6 N–H and O–H groups in total. The van der Waals surface area contributed by atoms with Crippen molar-refractivity contribution >= 4 is 28.3 Å². The molecule has 0 fully saturated rings. The maximum absolute atomic E-state index is 7.26. The smallest absolute Gasteiger partial charge is 0.200 e. The highest BCUT2D eigenvalue weighted by Gasteiger charge is 1.97. The van der Waals surface area contributed by atoms with E-state index in [0.717, 1.165) is 5.00 Å². The molecule has 0 aromatic carbocycles. The monoisotopic (exact) mass is 183 g/mol. The fourth-order valence-corrected chi connectivity index (χ4v) is 1.26. The van der Waals surface area contributed by atoms with Gasteiger partial charge in [-0.25, -0.2) is 0 Å². The van der Waals surface area contributed by atoms with Crippen molar-refractivity contribution in [3.05, 3.63) is 17.5 Å². The third-order valence-corrected chi connectivity index (χ3v) is 1.81. The lowest BCUT2D eigenvalue weighted by molar-refractivity contribution is 1.20. The van der Waals surface area contributed by atoms with E-state index in [1.807, 2.05) is 17.5 Å². The van der Waals surface area contributed by atoms with Crippen molar-refractivity contribution in [2.45, 2.75) is 0 Å². The van der Waals surface area contributed by atoms with E-state index >= 15 is 0 Å². The topological polar surface area (TPSA) is 97.8 Å². The second-order valence-corrected chi connectivity index (χ2v) is 2.96. The SMILES string of the molecule is N=C(N)NC(=N)Nc1cccs1. The van der Waals surface area contributed by atoms with Crippen molar-refractivity contribution in [2.24, 2.45) is 5.73 Å². The van der Waals surface area contributed by atoms with Gasteiger partial charge in [-0.05, 0) is 17.5 Å². The molecule has 6 heteroatoms. The molecule has 0 radical (unpaired) electrons. The van der Waals surface area contributed by atoms with Crippen molar-refractivity contribution in [3.8, 4) is 0 Å². The van der Waals surface area contributed by atoms with E-state index in [0.29, 0.717) is 0 Å². The molecule has 12 heavy (non-hydrogen) atoms. The first-order valence-electron chi connectivity index (χ1n) is 3.18. The molecule has 0 saturated carbocycles. The fraction of sp³-hybridized carbons (Fsp3) is 0. The number of nitrogens with one attached hydrogen (secondary N) is 4. The highest BCUT2D eigenvalue weighted by molar-refractivity contribution is 7.14. The van der Waals surface area contributed by atoms with Crippen molar-refractivity contribution in [2.75, 3.05) is 5.32 Å². The molecule has 1 heterocycles. The summed E-state index contributed by atoms with van der Waals surface area (Å²) >= 11 is 1.48. The maximum atomic E-state index is 7.26. The highest BCUT2D eigenvalue weighted by atomic mass is 32.1. The summed E-state index contributed by atoms with van der Waals surface area (Å²) in [5.74, 6) is -0.242. The van der Waals surface area contributed by atoms with E-state index in [9.17, 15) is 0 Å². The van der Waals surface area contributed by atoms with Crippen molar-refractivity contribution in [1.82, 2.24) is 5.32 Å². The van der Waals surface area contributed by atoms with Crippen LogP contribution in [0.15, 0.2) is 17.5 Å². The molecule has 64 valence electrons. The van der Waals surface area contributed by atoms with Gasteiger partial charge in [-0.1, -0.05) is 0 Å². The van der Waals surface area contributed by atoms with Crippen LogP contribution in [-0.2, 0) is 0 Å². The molecule has 0 aliphatic carbocycles. The Kier molecular flexibility index (Phi) is 2.65. The summed E-state index contributed by atoms with van der Waals surface area (Å²) in [7, 11) is 0. The van der Waals surface area contributed by atoms with Crippen LogP contribution in [0.25, 0.3) is 0 Å². The lowest BCUT2D eigenvalue weighted by Crippen LogP contribution is -2.39. The quantitative estimate of drug-likeness (QED) is 0.325. The molecule has 0 aliphatic rings. The average Bonchev–Trinajstić information content (AvgIpc) is 2.37. The zero-order chi connectivity index (χ0) is 8.97. The van der Waals surface area contributed by atoms with E-state index in [1.165, 1.54) is 11.3 Å². The summed E-state index contributed by atoms with van der Waals surface area (Å²) in [6.45, 7) is 0. The predicted octanol–water partition coefficient (Wildman–Crippen LogP) is 0.578. The van der Waals surface area contributed by atoms with Gasteiger partial charge in [0, 0.05) is 0 Å². The molecule has 5 nitrogen and oxygen atoms in total. The summed E-state index contributed by atoms with van der Waals surface area (Å²) in [6.07, 6.45) is 0.